The number of nitrogens with zero attached hydrogens (tertiary/aromatic N) is 3. The first-order chi connectivity index (χ1) is 15.5. The lowest BCUT2D eigenvalue weighted by Gasteiger charge is -2.28. The molecule has 164 valence electrons. The molecule has 0 aliphatic carbocycles. The van der Waals surface area contributed by atoms with Gasteiger partial charge in [-0.2, -0.15) is 4.98 Å². The molecule has 1 aliphatic rings. The number of ether oxygens (including phenoxy) is 1. The van der Waals surface area contributed by atoms with E-state index in [1.807, 2.05) is 49.4 Å². The predicted molar refractivity (Wildman–Crippen MR) is 129 cm³/mol. The highest BCUT2D eigenvalue weighted by atomic mass is 35.5. The first-order valence-electron chi connectivity index (χ1n) is 10.4. The SMILES string of the molecule is Cc1cc(N2CCOCC2)nc(Nc2ccc(NC(=O)/C=C/c3ccc(Cl)cc3)cc2)n1. The van der Waals surface area contributed by atoms with E-state index in [0.29, 0.717) is 29.9 Å². The van der Waals surface area contributed by atoms with Crippen LogP contribution in [0.25, 0.3) is 6.08 Å². The van der Waals surface area contributed by atoms with Crippen LogP contribution >= 0.6 is 11.6 Å². The lowest BCUT2D eigenvalue weighted by atomic mass is 10.2. The molecular formula is C24H24ClN5O2. The van der Waals surface area contributed by atoms with Crippen LogP contribution in [0.15, 0.2) is 60.7 Å². The van der Waals surface area contributed by atoms with Crippen LogP contribution in [0, 0.1) is 6.92 Å². The molecule has 7 nitrogen and oxygen atoms in total. The molecule has 1 saturated heterocycles. The van der Waals surface area contributed by atoms with Crippen LogP contribution < -0.4 is 15.5 Å². The minimum Gasteiger partial charge on any atom is -0.378 e. The summed E-state index contributed by atoms with van der Waals surface area (Å²) >= 11 is 5.87. The second-order valence-electron chi connectivity index (χ2n) is 7.37. The number of aromatic nitrogens is 2. The van der Waals surface area contributed by atoms with Crippen molar-refractivity contribution in [3.63, 3.8) is 0 Å². The number of aryl methyl sites for hydroxylation is 1. The van der Waals surface area contributed by atoms with Gasteiger partial charge < -0.3 is 20.3 Å². The summed E-state index contributed by atoms with van der Waals surface area (Å²) in [6.07, 6.45) is 3.23. The van der Waals surface area contributed by atoms with Crippen LogP contribution in [0.5, 0.6) is 0 Å². The summed E-state index contributed by atoms with van der Waals surface area (Å²) in [5.41, 5.74) is 3.32. The molecule has 3 aromatic rings. The van der Waals surface area contributed by atoms with Crippen molar-refractivity contribution in [3.8, 4) is 0 Å². The van der Waals surface area contributed by atoms with E-state index in [1.54, 1.807) is 18.2 Å². The second kappa shape index (κ2) is 10.3. The number of anilines is 4. The van der Waals surface area contributed by atoms with Gasteiger partial charge in [-0.3, -0.25) is 4.79 Å². The molecule has 4 rings (SSSR count). The molecule has 1 aromatic heterocycles. The van der Waals surface area contributed by atoms with E-state index in [4.69, 9.17) is 16.3 Å². The third-order valence-electron chi connectivity index (χ3n) is 4.88. The molecule has 1 fully saturated rings. The Morgan fingerprint density at radius 1 is 1.03 bits per heavy atom. The highest BCUT2D eigenvalue weighted by Gasteiger charge is 2.14. The van der Waals surface area contributed by atoms with Crippen molar-refractivity contribution in [3.05, 3.63) is 77.0 Å². The van der Waals surface area contributed by atoms with Gasteiger partial charge in [-0.15, -0.1) is 0 Å². The van der Waals surface area contributed by atoms with Crippen LogP contribution in [0.4, 0.5) is 23.1 Å². The van der Waals surface area contributed by atoms with E-state index in [9.17, 15) is 4.79 Å². The summed E-state index contributed by atoms with van der Waals surface area (Å²) in [6, 6.07) is 16.7. The van der Waals surface area contributed by atoms with E-state index in [0.717, 1.165) is 35.9 Å². The van der Waals surface area contributed by atoms with Crippen molar-refractivity contribution < 1.29 is 9.53 Å². The molecule has 1 aliphatic heterocycles. The van der Waals surface area contributed by atoms with Crippen molar-refractivity contribution in [1.82, 2.24) is 9.97 Å². The highest BCUT2D eigenvalue weighted by Crippen LogP contribution is 2.21. The topological polar surface area (TPSA) is 79.4 Å². The summed E-state index contributed by atoms with van der Waals surface area (Å²) in [5.74, 6) is 1.21. The van der Waals surface area contributed by atoms with Crippen molar-refractivity contribution in [2.75, 3.05) is 41.8 Å². The number of amides is 1. The molecule has 1 amide bonds. The first-order valence-corrected chi connectivity index (χ1v) is 10.7. The van der Waals surface area contributed by atoms with Gasteiger partial charge in [0.1, 0.15) is 5.82 Å². The third kappa shape index (κ3) is 6.06. The smallest absolute Gasteiger partial charge is 0.248 e. The van der Waals surface area contributed by atoms with Crippen LogP contribution in [0.2, 0.25) is 5.02 Å². The average Bonchev–Trinajstić information content (AvgIpc) is 2.80. The van der Waals surface area contributed by atoms with Crippen molar-refractivity contribution >= 4 is 46.7 Å². The molecule has 32 heavy (non-hydrogen) atoms. The maximum atomic E-state index is 12.2. The Morgan fingerprint density at radius 2 is 1.72 bits per heavy atom. The lowest BCUT2D eigenvalue weighted by molar-refractivity contribution is -0.111. The van der Waals surface area contributed by atoms with E-state index >= 15 is 0 Å². The Bertz CT molecular complexity index is 1090. The van der Waals surface area contributed by atoms with E-state index in [-0.39, 0.29) is 5.91 Å². The number of benzene rings is 2. The number of halogens is 1. The van der Waals surface area contributed by atoms with Crippen LogP contribution in [-0.2, 0) is 9.53 Å². The van der Waals surface area contributed by atoms with Crippen LogP contribution in [-0.4, -0.2) is 42.2 Å². The zero-order valence-corrected chi connectivity index (χ0v) is 18.5. The molecule has 8 heteroatoms. The zero-order chi connectivity index (χ0) is 22.3. The van der Waals surface area contributed by atoms with E-state index in [1.165, 1.54) is 6.08 Å². The van der Waals surface area contributed by atoms with Gasteiger partial charge in [0.2, 0.25) is 11.9 Å². The fourth-order valence-corrected chi connectivity index (χ4v) is 3.38. The minimum absolute atomic E-state index is 0.210. The predicted octanol–water partition coefficient (Wildman–Crippen LogP) is 4.67. The fraction of sp³-hybridized carbons (Fsp3) is 0.208. The van der Waals surface area contributed by atoms with Gasteiger partial charge in [-0.25, -0.2) is 4.98 Å². The van der Waals surface area contributed by atoms with Gasteiger partial charge in [0.15, 0.2) is 0 Å². The van der Waals surface area contributed by atoms with Gasteiger partial charge in [-0.05, 0) is 55.0 Å². The number of hydrogen-bond acceptors (Lipinski definition) is 6. The van der Waals surface area contributed by atoms with Gasteiger partial charge in [0.05, 0.1) is 13.2 Å². The minimum atomic E-state index is -0.210. The monoisotopic (exact) mass is 449 g/mol. The van der Waals surface area contributed by atoms with Crippen LogP contribution in [0.3, 0.4) is 0 Å². The second-order valence-corrected chi connectivity index (χ2v) is 7.80. The summed E-state index contributed by atoms with van der Waals surface area (Å²) in [5, 5.41) is 6.75. The number of nitrogens with one attached hydrogen (secondary N) is 2. The maximum absolute atomic E-state index is 12.2. The molecule has 2 aromatic carbocycles. The average molecular weight is 450 g/mol. The Balaban J connectivity index is 1.37. The van der Waals surface area contributed by atoms with Gasteiger partial charge >= 0.3 is 0 Å². The highest BCUT2D eigenvalue weighted by molar-refractivity contribution is 6.30. The van der Waals surface area contributed by atoms with Gasteiger partial charge in [0.25, 0.3) is 0 Å². The standard InChI is InChI=1S/C24H24ClN5O2/c1-17-16-22(30-12-14-32-15-13-30)29-24(26-17)28-21-9-7-20(8-10-21)27-23(31)11-4-18-2-5-19(25)6-3-18/h2-11,16H,12-15H2,1H3,(H,27,31)(H,26,28,29)/b11-4+. The van der Waals surface area contributed by atoms with E-state index < -0.39 is 0 Å². The molecule has 0 radical (unpaired) electrons. The Labute approximate surface area is 192 Å². The Morgan fingerprint density at radius 3 is 2.44 bits per heavy atom. The summed E-state index contributed by atoms with van der Waals surface area (Å²) in [4.78, 5) is 23.5. The van der Waals surface area contributed by atoms with Crippen LogP contribution in [0.1, 0.15) is 11.3 Å². The lowest BCUT2D eigenvalue weighted by Crippen LogP contribution is -2.36. The molecule has 0 atom stereocenters. The fourth-order valence-electron chi connectivity index (χ4n) is 3.26. The summed E-state index contributed by atoms with van der Waals surface area (Å²) < 4.78 is 5.42. The summed E-state index contributed by atoms with van der Waals surface area (Å²) in [7, 11) is 0. The quantitative estimate of drug-likeness (QED) is 0.532. The molecule has 0 spiro atoms. The van der Waals surface area contributed by atoms with Gasteiger partial charge in [-0.1, -0.05) is 23.7 Å². The summed E-state index contributed by atoms with van der Waals surface area (Å²) in [6.45, 7) is 4.99. The maximum Gasteiger partial charge on any atom is 0.248 e. The Kier molecular flexibility index (Phi) is 6.99. The Hall–Kier alpha value is -3.42. The van der Waals surface area contributed by atoms with Crippen molar-refractivity contribution in [1.29, 1.82) is 0 Å². The molecule has 0 saturated carbocycles. The number of rotatable bonds is 6. The molecular weight excluding hydrogens is 426 g/mol. The van der Waals surface area contributed by atoms with E-state index in [2.05, 4.69) is 25.5 Å². The number of carbonyl (C=O) groups is 1. The van der Waals surface area contributed by atoms with Gasteiger partial charge in [0, 0.05) is 47.3 Å². The van der Waals surface area contributed by atoms with Crippen molar-refractivity contribution in [2.45, 2.75) is 6.92 Å². The van der Waals surface area contributed by atoms with Crippen molar-refractivity contribution in [2.24, 2.45) is 0 Å². The molecule has 0 unspecified atom stereocenters. The number of carbonyl (C=O) groups excluding carboxylic acids is 1. The largest absolute Gasteiger partial charge is 0.378 e. The number of morpholine rings is 1. The zero-order valence-electron chi connectivity index (χ0n) is 17.7. The molecule has 0 bridgehead atoms. The molecule has 2 N–H and O–H groups in total. The molecule has 2 heterocycles. The normalized spacial score (nSPS) is 13.9. The first kappa shape index (κ1) is 21.8. The third-order valence-corrected chi connectivity index (χ3v) is 5.13. The number of hydrogen-bond donors (Lipinski definition) is 2.